The van der Waals surface area contributed by atoms with Crippen molar-refractivity contribution >= 4 is 29.4 Å². The predicted molar refractivity (Wildman–Crippen MR) is 91.3 cm³/mol. The van der Waals surface area contributed by atoms with Crippen LogP contribution in [0, 0.1) is 0 Å². The Kier molecular flexibility index (Phi) is 6.24. The number of amides is 2. The molecule has 3 nitrogen and oxygen atoms in total. The van der Waals surface area contributed by atoms with E-state index in [2.05, 4.69) is 12.2 Å². The lowest BCUT2D eigenvalue weighted by Gasteiger charge is -2.29. The minimum Gasteiger partial charge on any atom is -0.335 e. The van der Waals surface area contributed by atoms with Crippen molar-refractivity contribution in [2.24, 2.45) is 0 Å². The summed E-state index contributed by atoms with van der Waals surface area (Å²) >= 11 is 7.86. The number of benzene rings is 1. The normalized spacial score (nSPS) is 17.3. The highest BCUT2D eigenvalue weighted by Crippen LogP contribution is 2.17. The maximum atomic E-state index is 12.3. The Morgan fingerprint density at radius 2 is 2.00 bits per heavy atom. The number of hydrogen-bond donors (Lipinski definition) is 1. The maximum Gasteiger partial charge on any atom is 0.317 e. The average molecular weight is 327 g/mol. The van der Waals surface area contributed by atoms with Gasteiger partial charge < -0.3 is 10.2 Å². The number of halogens is 1. The van der Waals surface area contributed by atoms with Crippen molar-refractivity contribution in [3.8, 4) is 0 Å². The molecule has 5 heteroatoms. The molecule has 1 aliphatic rings. The van der Waals surface area contributed by atoms with Crippen molar-refractivity contribution < 1.29 is 4.79 Å². The molecule has 1 saturated heterocycles. The van der Waals surface area contributed by atoms with Gasteiger partial charge in [0.15, 0.2) is 0 Å². The molecule has 0 aliphatic carbocycles. The molecule has 2 amide bonds. The topological polar surface area (TPSA) is 32.3 Å². The fourth-order valence-electron chi connectivity index (χ4n) is 2.42. The molecule has 1 heterocycles. The minimum atomic E-state index is 0.0355. The Labute approximate surface area is 136 Å². The molecule has 1 fully saturated rings. The Balaban J connectivity index is 1.84. The van der Waals surface area contributed by atoms with Crippen LogP contribution in [0.5, 0.6) is 0 Å². The Hall–Kier alpha value is -0.870. The number of nitrogens with zero attached hydrogens (tertiary/aromatic N) is 1. The molecular weight excluding hydrogens is 304 g/mol. The molecule has 1 unspecified atom stereocenters. The van der Waals surface area contributed by atoms with E-state index in [1.807, 2.05) is 43.1 Å². The SMILES string of the molecule is CC(Cc1ccc(Cl)cc1)N(C)C(=O)NC1CCSCC1. The van der Waals surface area contributed by atoms with Gasteiger partial charge in [-0.05, 0) is 55.4 Å². The number of nitrogens with one attached hydrogen (secondary N) is 1. The van der Waals surface area contributed by atoms with Crippen molar-refractivity contribution in [3.05, 3.63) is 34.9 Å². The van der Waals surface area contributed by atoms with E-state index in [1.54, 1.807) is 4.90 Å². The van der Waals surface area contributed by atoms with E-state index in [1.165, 1.54) is 5.56 Å². The molecule has 1 atom stereocenters. The first kappa shape index (κ1) is 16.5. The number of thioether (sulfide) groups is 1. The second-order valence-corrected chi connectivity index (χ2v) is 7.29. The number of likely N-dealkylation sites (N-methyl/N-ethyl adjacent to an activating group) is 1. The molecule has 0 saturated carbocycles. The van der Waals surface area contributed by atoms with E-state index in [4.69, 9.17) is 11.6 Å². The molecule has 1 aliphatic heterocycles. The van der Waals surface area contributed by atoms with Gasteiger partial charge in [-0.25, -0.2) is 4.79 Å². The van der Waals surface area contributed by atoms with Crippen molar-refractivity contribution in [2.45, 2.75) is 38.3 Å². The van der Waals surface area contributed by atoms with Gasteiger partial charge in [0, 0.05) is 24.2 Å². The fraction of sp³-hybridized carbons (Fsp3) is 0.562. The third-order valence-corrected chi connectivity index (χ3v) is 5.28. The molecule has 1 aromatic rings. The molecule has 1 aromatic carbocycles. The van der Waals surface area contributed by atoms with Crippen molar-refractivity contribution in [1.82, 2.24) is 10.2 Å². The summed E-state index contributed by atoms with van der Waals surface area (Å²) in [7, 11) is 1.87. The first-order valence-electron chi connectivity index (χ1n) is 7.42. The zero-order valence-corrected chi connectivity index (χ0v) is 14.2. The average Bonchev–Trinajstić information content (AvgIpc) is 2.49. The van der Waals surface area contributed by atoms with Crippen LogP contribution in [0.2, 0.25) is 5.02 Å². The van der Waals surface area contributed by atoms with Gasteiger partial charge in [0.25, 0.3) is 0 Å². The summed E-state index contributed by atoms with van der Waals surface area (Å²) in [6.07, 6.45) is 2.99. The van der Waals surface area contributed by atoms with E-state index >= 15 is 0 Å². The van der Waals surface area contributed by atoms with Gasteiger partial charge >= 0.3 is 6.03 Å². The Bertz CT molecular complexity index is 460. The van der Waals surface area contributed by atoms with E-state index < -0.39 is 0 Å². The third-order valence-electron chi connectivity index (χ3n) is 3.97. The van der Waals surface area contributed by atoms with Crippen LogP contribution in [-0.2, 0) is 6.42 Å². The summed E-state index contributed by atoms with van der Waals surface area (Å²) in [5.74, 6) is 2.30. The Morgan fingerprint density at radius 1 is 1.38 bits per heavy atom. The van der Waals surface area contributed by atoms with Crippen LogP contribution >= 0.6 is 23.4 Å². The summed E-state index contributed by atoms with van der Waals surface area (Å²) in [4.78, 5) is 14.1. The number of urea groups is 1. The maximum absolute atomic E-state index is 12.3. The lowest BCUT2D eigenvalue weighted by molar-refractivity contribution is 0.189. The van der Waals surface area contributed by atoms with Crippen molar-refractivity contribution in [3.63, 3.8) is 0 Å². The monoisotopic (exact) mass is 326 g/mol. The summed E-state index contributed by atoms with van der Waals surface area (Å²) in [5.41, 5.74) is 1.20. The fourth-order valence-corrected chi connectivity index (χ4v) is 3.65. The first-order valence-corrected chi connectivity index (χ1v) is 8.95. The van der Waals surface area contributed by atoms with Crippen LogP contribution in [0.1, 0.15) is 25.3 Å². The molecule has 2 rings (SSSR count). The van der Waals surface area contributed by atoms with Crippen LogP contribution in [0.3, 0.4) is 0 Å². The highest BCUT2D eigenvalue weighted by atomic mass is 35.5. The van der Waals surface area contributed by atoms with Gasteiger partial charge in [-0.2, -0.15) is 11.8 Å². The molecule has 1 N–H and O–H groups in total. The van der Waals surface area contributed by atoms with Gasteiger partial charge in [-0.3, -0.25) is 0 Å². The largest absolute Gasteiger partial charge is 0.335 e. The molecule has 0 spiro atoms. The van der Waals surface area contributed by atoms with Crippen LogP contribution < -0.4 is 5.32 Å². The molecule has 0 radical (unpaired) electrons. The molecule has 116 valence electrons. The lowest BCUT2D eigenvalue weighted by Crippen LogP contribution is -2.48. The summed E-state index contributed by atoms with van der Waals surface area (Å²) in [5, 5.41) is 3.89. The molecule has 0 bridgehead atoms. The summed E-state index contributed by atoms with van der Waals surface area (Å²) in [6.45, 7) is 2.07. The highest BCUT2D eigenvalue weighted by Gasteiger charge is 2.21. The molecule has 0 aromatic heterocycles. The van der Waals surface area contributed by atoms with Gasteiger partial charge in [-0.1, -0.05) is 23.7 Å². The van der Waals surface area contributed by atoms with Crippen molar-refractivity contribution in [1.29, 1.82) is 0 Å². The molecule has 21 heavy (non-hydrogen) atoms. The van der Waals surface area contributed by atoms with E-state index in [-0.39, 0.29) is 12.1 Å². The number of carbonyl (C=O) groups excluding carboxylic acids is 1. The lowest BCUT2D eigenvalue weighted by atomic mass is 10.1. The van der Waals surface area contributed by atoms with Crippen molar-refractivity contribution in [2.75, 3.05) is 18.6 Å². The quantitative estimate of drug-likeness (QED) is 0.912. The van der Waals surface area contributed by atoms with Gasteiger partial charge in [-0.15, -0.1) is 0 Å². The number of rotatable bonds is 4. The Morgan fingerprint density at radius 3 is 2.62 bits per heavy atom. The van der Waals surface area contributed by atoms with Gasteiger partial charge in [0.1, 0.15) is 0 Å². The summed E-state index contributed by atoms with van der Waals surface area (Å²) < 4.78 is 0. The van der Waals surface area contributed by atoms with Crippen LogP contribution in [-0.4, -0.2) is 41.6 Å². The predicted octanol–water partition coefficient (Wildman–Crippen LogP) is 3.81. The van der Waals surface area contributed by atoms with E-state index in [9.17, 15) is 4.79 Å². The van der Waals surface area contributed by atoms with Gasteiger partial charge in [0.2, 0.25) is 0 Å². The first-order chi connectivity index (χ1) is 10.1. The highest BCUT2D eigenvalue weighted by molar-refractivity contribution is 7.99. The van der Waals surface area contributed by atoms with E-state index in [0.29, 0.717) is 6.04 Å². The summed E-state index contributed by atoms with van der Waals surface area (Å²) in [6, 6.07) is 8.35. The minimum absolute atomic E-state index is 0.0355. The standard InChI is InChI=1S/C16H23ClN2OS/c1-12(11-13-3-5-14(17)6-4-13)19(2)16(20)18-15-7-9-21-10-8-15/h3-6,12,15H,7-11H2,1-2H3,(H,18,20). The third kappa shape index (κ3) is 5.11. The number of carbonyl (C=O) groups is 1. The van der Waals surface area contributed by atoms with E-state index in [0.717, 1.165) is 35.8 Å². The molecular formula is C16H23ClN2OS. The van der Waals surface area contributed by atoms with Crippen LogP contribution in [0.15, 0.2) is 24.3 Å². The zero-order valence-electron chi connectivity index (χ0n) is 12.6. The smallest absolute Gasteiger partial charge is 0.317 e. The second-order valence-electron chi connectivity index (χ2n) is 5.63. The van der Waals surface area contributed by atoms with Crippen LogP contribution in [0.25, 0.3) is 0 Å². The second kappa shape index (κ2) is 7.95. The van der Waals surface area contributed by atoms with Gasteiger partial charge in [0.05, 0.1) is 0 Å². The van der Waals surface area contributed by atoms with Crippen LogP contribution in [0.4, 0.5) is 4.79 Å². The number of hydrogen-bond acceptors (Lipinski definition) is 2. The zero-order chi connectivity index (χ0) is 15.2.